The summed E-state index contributed by atoms with van der Waals surface area (Å²) in [6, 6.07) is 4.08. The van der Waals surface area contributed by atoms with Crippen molar-refractivity contribution in [3.05, 3.63) is 28.8 Å². The van der Waals surface area contributed by atoms with Crippen molar-refractivity contribution in [3.63, 3.8) is 0 Å². The summed E-state index contributed by atoms with van der Waals surface area (Å²) in [6.07, 6.45) is 1.17. The molecule has 1 aromatic carbocycles. The molecule has 0 aliphatic carbocycles. The van der Waals surface area contributed by atoms with E-state index in [9.17, 15) is 4.79 Å². The molecule has 3 heteroatoms. The van der Waals surface area contributed by atoms with Gasteiger partial charge in [0.05, 0.1) is 0 Å². The SMILES string of the molecule is Cc1ccc(N(C)C(=O)CCC(C)(C)N)c(C)c1C. The Morgan fingerprint density at radius 3 is 2.32 bits per heavy atom. The Morgan fingerprint density at radius 1 is 1.21 bits per heavy atom. The second-order valence-corrected chi connectivity index (χ2v) is 6.09. The number of carbonyl (C=O) groups excluding carboxylic acids is 1. The molecule has 0 saturated heterocycles. The zero-order chi connectivity index (χ0) is 14.8. The van der Waals surface area contributed by atoms with Crippen LogP contribution in [0.4, 0.5) is 5.69 Å². The Hall–Kier alpha value is -1.35. The summed E-state index contributed by atoms with van der Waals surface area (Å²) in [7, 11) is 1.84. The highest BCUT2D eigenvalue weighted by atomic mass is 16.2. The molecule has 0 bridgehead atoms. The fourth-order valence-corrected chi connectivity index (χ4v) is 2.04. The largest absolute Gasteiger partial charge is 0.326 e. The van der Waals surface area contributed by atoms with Crippen LogP contribution in [0.3, 0.4) is 0 Å². The molecule has 0 radical (unpaired) electrons. The Labute approximate surface area is 116 Å². The molecule has 1 aromatic rings. The summed E-state index contributed by atoms with van der Waals surface area (Å²) in [4.78, 5) is 14.0. The van der Waals surface area contributed by atoms with Gasteiger partial charge in [-0.25, -0.2) is 0 Å². The fraction of sp³-hybridized carbons (Fsp3) is 0.562. The van der Waals surface area contributed by atoms with E-state index in [-0.39, 0.29) is 11.4 Å². The highest BCUT2D eigenvalue weighted by molar-refractivity contribution is 5.93. The van der Waals surface area contributed by atoms with Gasteiger partial charge in [-0.1, -0.05) is 6.07 Å². The highest BCUT2D eigenvalue weighted by Gasteiger charge is 2.18. The first-order valence-corrected chi connectivity index (χ1v) is 6.76. The van der Waals surface area contributed by atoms with Crippen LogP contribution in [0.25, 0.3) is 0 Å². The molecular formula is C16H26N2O. The average Bonchev–Trinajstić information content (AvgIpc) is 2.31. The van der Waals surface area contributed by atoms with Crippen LogP contribution in [-0.2, 0) is 4.79 Å². The molecule has 0 aliphatic rings. The average molecular weight is 262 g/mol. The summed E-state index contributed by atoms with van der Waals surface area (Å²) in [6.45, 7) is 10.1. The summed E-state index contributed by atoms with van der Waals surface area (Å²) >= 11 is 0. The summed E-state index contributed by atoms with van der Waals surface area (Å²) in [5.74, 6) is 0.116. The number of hydrogen-bond donors (Lipinski definition) is 1. The van der Waals surface area contributed by atoms with Gasteiger partial charge in [-0.2, -0.15) is 0 Å². The molecule has 0 atom stereocenters. The lowest BCUT2D eigenvalue weighted by Crippen LogP contribution is -2.35. The number of nitrogens with zero attached hydrogens (tertiary/aromatic N) is 1. The third-order valence-corrected chi connectivity index (χ3v) is 3.75. The van der Waals surface area contributed by atoms with Gasteiger partial charge in [0.2, 0.25) is 5.91 Å². The van der Waals surface area contributed by atoms with Gasteiger partial charge in [0.15, 0.2) is 0 Å². The minimum absolute atomic E-state index is 0.116. The van der Waals surface area contributed by atoms with Crippen molar-refractivity contribution in [1.82, 2.24) is 0 Å². The Kier molecular flexibility index (Phi) is 4.75. The third-order valence-electron chi connectivity index (χ3n) is 3.75. The number of amides is 1. The Morgan fingerprint density at radius 2 is 1.79 bits per heavy atom. The van der Waals surface area contributed by atoms with E-state index in [4.69, 9.17) is 5.73 Å². The van der Waals surface area contributed by atoms with E-state index in [1.165, 1.54) is 16.7 Å². The van der Waals surface area contributed by atoms with Crippen LogP contribution in [0.5, 0.6) is 0 Å². The van der Waals surface area contributed by atoms with Gasteiger partial charge in [0.25, 0.3) is 0 Å². The van der Waals surface area contributed by atoms with Crippen molar-refractivity contribution in [3.8, 4) is 0 Å². The van der Waals surface area contributed by atoms with E-state index < -0.39 is 0 Å². The smallest absolute Gasteiger partial charge is 0.226 e. The molecule has 0 heterocycles. The van der Waals surface area contributed by atoms with E-state index in [1.54, 1.807) is 4.90 Å². The first-order chi connectivity index (χ1) is 8.63. The molecule has 2 N–H and O–H groups in total. The topological polar surface area (TPSA) is 46.3 Å². The van der Waals surface area contributed by atoms with E-state index >= 15 is 0 Å². The number of nitrogens with two attached hydrogens (primary N) is 1. The van der Waals surface area contributed by atoms with Crippen molar-refractivity contribution >= 4 is 11.6 Å². The van der Waals surface area contributed by atoms with Crippen molar-refractivity contribution in [2.45, 2.75) is 53.0 Å². The second kappa shape index (κ2) is 5.74. The minimum Gasteiger partial charge on any atom is -0.326 e. The Balaban J connectivity index is 2.86. The second-order valence-electron chi connectivity index (χ2n) is 6.09. The lowest BCUT2D eigenvalue weighted by atomic mass is 9.99. The Bertz CT molecular complexity index is 472. The van der Waals surface area contributed by atoms with Crippen LogP contribution in [0.15, 0.2) is 12.1 Å². The van der Waals surface area contributed by atoms with Crippen LogP contribution < -0.4 is 10.6 Å². The van der Waals surface area contributed by atoms with Crippen molar-refractivity contribution in [2.24, 2.45) is 5.73 Å². The maximum Gasteiger partial charge on any atom is 0.226 e. The number of rotatable bonds is 4. The van der Waals surface area contributed by atoms with Crippen LogP contribution in [0, 0.1) is 20.8 Å². The first-order valence-electron chi connectivity index (χ1n) is 6.76. The number of carbonyl (C=O) groups is 1. The minimum atomic E-state index is -0.297. The van der Waals surface area contributed by atoms with Crippen LogP contribution >= 0.6 is 0 Å². The summed E-state index contributed by atoms with van der Waals surface area (Å²) in [5.41, 5.74) is 10.3. The molecule has 106 valence electrons. The maximum absolute atomic E-state index is 12.2. The molecule has 0 aliphatic heterocycles. The van der Waals surface area contributed by atoms with E-state index in [0.29, 0.717) is 12.8 Å². The highest BCUT2D eigenvalue weighted by Crippen LogP contribution is 2.25. The zero-order valence-corrected chi connectivity index (χ0v) is 13.0. The summed E-state index contributed by atoms with van der Waals surface area (Å²) in [5, 5.41) is 0. The third kappa shape index (κ3) is 4.06. The fourth-order valence-electron chi connectivity index (χ4n) is 2.04. The zero-order valence-electron chi connectivity index (χ0n) is 13.0. The van der Waals surface area contributed by atoms with Gasteiger partial charge < -0.3 is 10.6 Å². The van der Waals surface area contributed by atoms with Gasteiger partial charge >= 0.3 is 0 Å². The molecule has 0 fully saturated rings. The molecule has 3 nitrogen and oxygen atoms in total. The van der Waals surface area contributed by atoms with Gasteiger partial charge in [-0.3, -0.25) is 4.79 Å². The standard InChI is InChI=1S/C16H26N2O/c1-11-7-8-14(13(3)12(11)2)18(6)15(19)9-10-16(4,5)17/h7-8H,9-10,17H2,1-6H3. The van der Waals surface area contributed by atoms with Crippen molar-refractivity contribution in [1.29, 1.82) is 0 Å². The lowest BCUT2D eigenvalue weighted by Gasteiger charge is -2.24. The van der Waals surface area contributed by atoms with E-state index in [0.717, 1.165) is 5.69 Å². The maximum atomic E-state index is 12.2. The molecule has 0 unspecified atom stereocenters. The number of aryl methyl sites for hydroxylation is 1. The van der Waals surface area contributed by atoms with Gasteiger partial charge in [0, 0.05) is 24.7 Å². The molecule has 1 rings (SSSR count). The molecule has 1 amide bonds. The number of benzene rings is 1. The molecule has 19 heavy (non-hydrogen) atoms. The van der Waals surface area contributed by atoms with Crippen LogP contribution in [0.1, 0.15) is 43.4 Å². The van der Waals surface area contributed by atoms with E-state index in [1.807, 2.05) is 27.0 Å². The van der Waals surface area contributed by atoms with Gasteiger partial charge in [-0.15, -0.1) is 0 Å². The van der Waals surface area contributed by atoms with Crippen molar-refractivity contribution < 1.29 is 4.79 Å². The number of anilines is 1. The predicted molar refractivity (Wildman–Crippen MR) is 81.6 cm³/mol. The number of hydrogen-bond acceptors (Lipinski definition) is 2. The molecule has 0 spiro atoms. The lowest BCUT2D eigenvalue weighted by molar-refractivity contribution is -0.118. The predicted octanol–water partition coefficient (Wildman–Crippen LogP) is 3.09. The van der Waals surface area contributed by atoms with Gasteiger partial charge in [-0.05, 0) is 63.8 Å². The summed E-state index contributed by atoms with van der Waals surface area (Å²) < 4.78 is 0. The normalized spacial score (nSPS) is 11.5. The quantitative estimate of drug-likeness (QED) is 0.906. The van der Waals surface area contributed by atoms with Crippen LogP contribution in [0.2, 0.25) is 0 Å². The first kappa shape index (κ1) is 15.7. The monoisotopic (exact) mass is 262 g/mol. The van der Waals surface area contributed by atoms with E-state index in [2.05, 4.69) is 26.8 Å². The van der Waals surface area contributed by atoms with Crippen molar-refractivity contribution in [2.75, 3.05) is 11.9 Å². The van der Waals surface area contributed by atoms with Crippen LogP contribution in [-0.4, -0.2) is 18.5 Å². The molecular weight excluding hydrogens is 236 g/mol. The molecule has 0 saturated carbocycles. The molecule has 0 aromatic heterocycles. The van der Waals surface area contributed by atoms with Gasteiger partial charge in [0.1, 0.15) is 0 Å².